The van der Waals surface area contributed by atoms with Crippen molar-refractivity contribution in [1.82, 2.24) is 0 Å². The van der Waals surface area contributed by atoms with Crippen LogP contribution in [0.15, 0.2) is 200 Å². The van der Waals surface area contributed by atoms with Crippen LogP contribution in [0, 0.1) is 0 Å². The first-order valence-corrected chi connectivity index (χ1v) is 18.8. The molecule has 1 aliphatic rings. The van der Waals surface area contributed by atoms with E-state index in [4.69, 9.17) is 0 Å². The molecule has 0 atom stereocenters. The van der Waals surface area contributed by atoms with Gasteiger partial charge in [0.2, 0.25) is 0 Å². The zero-order valence-corrected chi connectivity index (χ0v) is 30.5. The van der Waals surface area contributed by atoms with Crippen LogP contribution < -0.4 is 4.90 Å². The lowest BCUT2D eigenvalue weighted by Gasteiger charge is -2.26. The topological polar surface area (TPSA) is 3.24 Å². The van der Waals surface area contributed by atoms with E-state index in [-0.39, 0.29) is 5.41 Å². The monoisotopic (exact) mass is 689 g/mol. The smallest absolute Gasteiger partial charge is 0.0462 e. The molecule has 54 heavy (non-hydrogen) atoms. The van der Waals surface area contributed by atoms with E-state index < -0.39 is 0 Å². The van der Waals surface area contributed by atoms with Crippen molar-refractivity contribution in [2.75, 3.05) is 4.90 Å². The number of hydrogen-bond donors (Lipinski definition) is 0. The molecule has 9 aromatic rings. The standard InChI is InChI=1S/C53H39N/c1-53(2)49-15-9-14-43-20-21-44-34-45(35-50(53)52(44)51(43)49)42-18-16-38(17-19-42)41-26-32-48(33-27-41)54(46-28-22-39(23-29-46)36-10-5-3-6-11-36)47-30-24-40(25-31-47)37-12-7-4-8-13-37/h3-35H,1-2H3. The molecule has 0 saturated carbocycles. The Morgan fingerprint density at radius 2 is 0.685 bits per heavy atom. The predicted octanol–water partition coefficient (Wildman–Crippen LogP) is 14.8. The molecule has 1 heteroatoms. The lowest BCUT2D eigenvalue weighted by molar-refractivity contribution is 0.663. The van der Waals surface area contributed by atoms with Crippen molar-refractivity contribution in [3.05, 3.63) is 211 Å². The number of anilines is 3. The summed E-state index contributed by atoms with van der Waals surface area (Å²) in [6.07, 6.45) is 0. The molecule has 0 bridgehead atoms. The molecule has 0 N–H and O–H groups in total. The summed E-state index contributed by atoms with van der Waals surface area (Å²) < 4.78 is 0. The van der Waals surface area contributed by atoms with Crippen molar-refractivity contribution >= 4 is 38.6 Å². The normalized spacial score (nSPS) is 12.8. The molecule has 1 aliphatic carbocycles. The van der Waals surface area contributed by atoms with Gasteiger partial charge in [0, 0.05) is 22.5 Å². The summed E-state index contributed by atoms with van der Waals surface area (Å²) in [4.78, 5) is 2.34. The van der Waals surface area contributed by atoms with E-state index in [1.165, 1.54) is 77.2 Å². The molecule has 1 nitrogen and oxygen atoms in total. The van der Waals surface area contributed by atoms with Crippen LogP contribution >= 0.6 is 0 Å². The van der Waals surface area contributed by atoms with Gasteiger partial charge < -0.3 is 4.90 Å². The Labute approximate surface area is 317 Å². The second-order valence-electron chi connectivity index (χ2n) is 15.0. The minimum Gasteiger partial charge on any atom is -0.311 e. The maximum absolute atomic E-state index is 2.43. The van der Waals surface area contributed by atoms with Gasteiger partial charge in [0.1, 0.15) is 0 Å². The molecule has 256 valence electrons. The van der Waals surface area contributed by atoms with E-state index >= 15 is 0 Å². The van der Waals surface area contributed by atoms with Gasteiger partial charge in [-0.15, -0.1) is 0 Å². The second kappa shape index (κ2) is 12.8. The quantitative estimate of drug-likeness (QED) is 0.151. The third kappa shape index (κ3) is 5.40. The Kier molecular flexibility index (Phi) is 7.56. The van der Waals surface area contributed by atoms with Gasteiger partial charge in [-0.25, -0.2) is 0 Å². The predicted molar refractivity (Wildman–Crippen MR) is 230 cm³/mol. The van der Waals surface area contributed by atoms with Gasteiger partial charge in [-0.05, 0) is 126 Å². The van der Waals surface area contributed by atoms with Crippen molar-refractivity contribution in [2.45, 2.75) is 19.3 Å². The van der Waals surface area contributed by atoms with E-state index in [1.807, 2.05) is 0 Å². The fraction of sp³-hybridized carbons (Fsp3) is 0.0566. The first kappa shape index (κ1) is 32.0. The zero-order valence-electron chi connectivity index (χ0n) is 30.5. The molecule has 0 fully saturated rings. The summed E-state index contributed by atoms with van der Waals surface area (Å²) in [5.41, 5.74) is 15.9. The highest BCUT2D eigenvalue weighted by Gasteiger charge is 2.34. The van der Waals surface area contributed by atoms with Gasteiger partial charge in [0.25, 0.3) is 0 Å². The van der Waals surface area contributed by atoms with Crippen molar-refractivity contribution in [3.63, 3.8) is 0 Å². The van der Waals surface area contributed by atoms with E-state index in [0.29, 0.717) is 0 Å². The van der Waals surface area contributed by atoms with Gasteiger partial charge >= 0.3 is 0 Å². The number of benzene rings is 9. The van der Waals surface area contributed by atoms with E-state index in [9.17, 15) is 0 Å². The summed E-state index contributed by atoms with van der Waals surface area (Å²) >= 11 is 0. The minimum atomic E-state index is -0.0269. The SMILES string of the molecule is CC1(C)c2cccc3ccc4cc(-c5ccc(-c6ccc(N(c7ccc(-c8ccccc8)cc7)c7ccc(-c8ccccc8)cc7)cc6)cc5)cc1c4c23. The molecule has 10 rings (SSSR count). The van der Waals surface area contributed by atoms with Gasteiger partial charge in [-0.2, -0.15) is 0 Å². The van der Waals surface area contributed by atoms with Crippen LogP contribution in [0.25, 0.3) is 66.1 Å². The van der Waals surface area contributed by atoms with Crippen LogP contribution in [-0.2, 0) is 5.41 Å². The average molecular weight is 690 g/mol. The zero-order chi connectivity index (χ0) is 36.2. The summed E-state index contributed by atoms with van der Waals surface area (Å²) in [6, 6.07) is 73.1. The van der Waals surface area contributed by atoms with Crippen molar-refractivity contribution in [2.24, 2.45) is 0 Å². The Bertz CT molecular complexity index is 2700. The molecule has 0 spiro atoms. The van der Waals surface area contributed by atoms with Gasteiger partial charge in [-0.1, -0.05) is 166 Å². The number of nitrogens with zero attached hydrogens (tertiary/aromatic N) is 1. The number of rotatable bonds is 7. The lowest BCUT2D eigenvalue weighted by Crippen LogP contribution is -2.15. The summed E-state index contributed by atoms with van der Waals surface area (Å²) in [7, 11) is 0. The third-order valence-corrected chi connectivity index (χ3v) is 11.4. The van der Waals surface area contributed by atoms with Crippen LogP contribution in [0.5, 0.6) is 0 Å². The first-order valence-electron chi connectivity index (χ1n) is 18.8. The first-order chi connectivity index (χ1) is 26.5. The summed E-state index contributed by atoms with van der Waals surface area (Å²) in [5, 5.41) is 5.50. The largest absolute Gasteiger partial charge is 0.311 e. The molecule has 0 amide bonds. The van der Waals surface area contributed by atoms with E-state index in [1.54, 1.807) is 0 Å². The maximum atomic E-state index is 2.43. The summed E-state index contributed by atoms with van der Waals surface area (Å²) in [5.74, 6) is 0. The average Bonchev–Trinajstić information content (AvgIpc) is 3.48. The van der Waals surface area contributed by atoms with Crippen LogP contribution in [0.3, 0.4) is 0 Å². The number of hydrogen-bond acceptors (Lipinski definition) is 1. The molecular formula is C53H39N. The van der Waals surface area contributed by atoms with Gasteiger partial charge in [-0.3, -0.25) is 0 Å². The van der Waals surface area contributed by atoms with Crippen molar-refractivity contribution in [1.29, 1.82) is 0 Å². The van der Waals surface area contributed by atoms with Crippen molar-refractivity contribution in [3.8, 4) is 44.5 Å². The highest BCUT2D eigenvalue weighted by Crippen LogP contribution is 2.50. The molecule has 0 radical (unpaired) electrons. The Balaban J connectivity index is 0.969. The van der Waals surface area contributed by atoms with E-state index in [2.05, 4.69) is 219 Å². The summed E-state index contributed by atoms with van der Waals surface area (Å²) in [6.45, 7) is 4.74. The van der Waals surface area contributed by atoms with Gasteiger partial charge in [0.05, 0.1) is 0 Å². The second-order valence-corrected chi connectivity index (χ2v) is 15.0. The molecule has 0 aromatic heterocycles. The Morgan fingerprint density at radius 1 is 0.296 bits per heavy atom. The fourth-order valence-corrected chi connectivity index (χ4v) is 8.54. The Hall–Kier alpha value is -6.70. The van der Waals surface area contributed by atoms with E-state index in [0.717, 1.165) is 17.1 Å². The van der Waals surface area contributed by atoms with Crippen LogP contribution in [-0.4, -0.2) is 0 Å². The molecule has 9 aromatic carbocycles. The third-order valence-electron chi connectivity index (χ3n) is 11.4. The highest BCUT2D eigenvalue weighted by molar-refractivity contribution is 6.15. The van der Waals surface area contributed by atoms with Gasteiger partial charge in [0.15, 0.2) is 0 Å². The minimum absolute atomic E-state index is 0.0269. The highest BCUT2D eigenvalue weighted by atomic mass is 15.1. The van der Waals surface area contributed by atoms with Crippen LogP contribution in [0.2, 0.25) is 0 Å². The van der Waals surface area contributed by atoms with Crippen LogP contribution in [0.1, 0.15) is 25.0 Å². The molecule has 0 unspecified atom stereocenters. The molecule has 0 saturated heterocycles. The lowest BCUT2D eigenvalue weighted by atomic mass is 9.81. The fourth-order valence-electron chi connectivity index (χ4n) is 8.54. The van der Waals surface area contributed by atoms with Crippen LogP contribution in [0.4, 0.5) is 17.1 Å². The molecule has 0 heterocycles. The molecular weight excluding hydrogens is 651 g/mol. The Morgan fingerprint density at radius 3 is 1.17 bits per heavy atom. The maximum Gasteiger partial charge on any atom is 0.0462 e. The molecule has 0 aliphatic heterocycles. The van der Waals surface area contributed by atoms with Crippen molar-refractivity contribution < 1.29 is 0 Å².